The van der Waals surface area contributed by atoms with Gasteiger partial charge in [0.25, 0.3) is 0 Å². The van der Waals surface area contributed by atoms with Gasteiger partial charge in [-0.2, -0.15) is 0 Å². The van der Waals surface area contributed by atoms with Gasteiger partial charge in [-0.25, -0.2) is 0 Å². The van der Waals surface area contributed by atoms with Gasteiger partial charge in [-0.15, -0.1) is 0 Å². The molecule has 0 unspecified atom stereocenters. The van der Waals surface area contributed by atoms with E-state index in [9.17, 15) is 9.59 Å². The average molecular weight is 239 g/mol. The zero-order valence-corrected chi connectivity index (χ0v) is 10.8. The van der Waals surface area contributed by atoms with Gasteiger partial charge in [0.15, 0.2) is 0 Å². The average Bonchev–Trinajstić information content (AvgIpc) is 2.56. The lowest BCUT2D eigenvalue weighted by Gasteiger charge is -2.22. The summed E-state index contributed by atoms with van der Waals surface area (Å²) in [5.74, 6) is -0.983. The predicted octanol–water partition coefficient (Wildman–Crippen LogP) is 1.19. The second-order valence-corrected chi connectivity index (χ2v) is 5.19. The fraction of sp³-hybridized carbons (Fsp3) is 0.750. The highest BCUT2D eigenvalue weighted by Gasteiger charge is 2.26. The number of carbonyl (C=O) groups is 2. The monoisotopic (exact) mass is 239 g/mol. The molecule has 1 fully saturated rings. The van der Waals surface area contributed by atoms with Crippen molar-refractivity contribution < 1.29 is 9.59 Å². The van der Waals surface area contributed by atoms with Crippen LogP contribution in [0.3, 0.4) is 0 Å². The number of rotatable bonds is 6. The van der Waals surface area contributed by atoms with E-state index in [1.54, 1.807) is 0 Å². The molecule has 5 heteroatoms. The third-order valence-corrected chi connectivity index (χ3v) is 2.79. The van der Waals surface area contributed by atoms with Crippen molar-refractivity contribution in [2.45, 2.75) is 46.5 Å². The fourth-order valence-corrected chi connectivity index (χ4v) is 1.66. The molecule has 2 N–H and O–H groups in total. The van der Waals surface area contributed by atoms with E-state index in [0.717, 1.165) is 6.42 Å². The highest BCUT2D eigenvalue weighted by Crippen LogP contribution is 2.23. The van der Waals surface area contributed by atoms with Crippen molar-refractivity contribution >= 4 is 17.8 Å². The molecule has 0 spiro atoms. The summed E-state index contributed by atoms with van der Waals surface area (Å²) in [6, 6.07) is 0. The SMILES string of the molecule is CCCCCC(C)(C)CN=C1NC(=O)C(=O)N1. The topological polar surface area (TPSA) is 70.6 Å². The largest absolute Gasteiger partial charge is 0.316 e. The van der Waals surface area contributed by atoms with Crippen molar-refractivity contribution in [3.05, 3.63) is 0 Å². The summed E-state index contributed by atoms with van der Waals surface area (Å²) in [5, 5.41) is 4.79. The lowest BCUT2D eigenvalue weighted by molar-refractivity contribution is -0.135. The van der Waals surface area contributed by atoms with Crippen molar-refractivity contribution in [3.63, 3.8) is 0 Å². The molecule has 1 rings (SSSR count). The summed E-state index contributed by atoms with van der Waals surface area (Å²) in [6.07, 6.45) is 4.72. The van der Waals surface area contributed by atoms with E-state index in [1.165, 1.54) is 19.3 Å². The van der Waals surface area contributed by atoms with Crippen molar-refractivity contribution in [2.75, 3.05) is 6.54 Å². The fourth-order valence-electron chi connectivity index (χ4n) is 1.66. The van der Waals surface area contributed by atoms with E-state index in [1.807, 2.05) is 0 Å². The summed E-state index contributed by atoms with van der Waals surface area (Å²) in [4.78, 5) is 26.1. The molecule has 96 valence electrons. The molecule has 0 aromatic carbocycles. The lowest BCUT2D eigenvalue weighted by Crippen LogP contribution is -2.28. The van der Waals surface area contributed by atoms with E-state index in [0.29, 0.717) is 6.54 Å². The quantitative estimate of drug-likeness (QED) is 0.540. The van der Waals surface area contributed by atoms with Crippen molar-refractivity contribution in [1.82, 2.24) is 10.6 Å². The Labute approximate surface area is 102 Å². The smallest absolute Gasteiger partial charge is 0.288 e. The van der Waals surface area contributed by atoms with E-state index in [2.05, 4.69) is 36.4 Å². The molecule has 0 aliphatic carbocycles. The van der Waals surface area contributed by atoms with E-state index in [4.69, 9.17) is 0 Å². The molecule has 0 aromatic rings. The zero-order valence-electron chi connectivity index (χ0n) is 10.8. The Bertz CT molecular complexity index is 317. The van der Waals surface area contributed by atoms with Crippen molar-refractivity contribution in [1.29, 1.82) is 0 Å². The Balaban J connectivity index is 2.40. The Morgan fingerprint density at radius 3 is 2.24 bits per heavy atom. The summed E-state index contributed by atoms with van der Waals surface area (Å²) in [6.45, 7) is 7.07. The lowest BCUT2D eigenvalue weighted by atomic mass is 9.87. The molecule has 1 aliphatic rings. The van der Waals surface area contributed by atoms with Gasteiger partial charge in [-0.05, 0) is 11.8 Å². The van der Waals surface area contributed by atoms with Gasteiger partial charge in [-0.3, -0.25) is 25.2 Å². The first kappa shape index (κ1) is 13.7. The number of hydrogen-bond acceptors (Lipinski definition) is 3. The first-order valence-electron chi connectivity index (χ1n) is 6.11. The summed E-state index contributed by atoms with van der Waals surface area (Å²) in [5.41, 5.74) is 0.0974. The van der Waals surface area contributed by atoms with Crippen LogP contribution in [0.2, 0.25) is 0 Å². The summed E-state index contributed by atoms with van der Waals surface area (Å²) >= 11 is 0. The van der Waals surface area contributed by atoms with Crippen LogP contribution in [0.15, 0.2) is 4.99 Å². The third-order valence-electron chi connectivity index (χ3n) is 2.79. The van der Waals surface area contributed by atoms with Gasteiger partial charge < -0.3 is 0 Å². The molecule has 0 radical (unpaired) electrons. The van der Waals surface area contributed by atoms with Crippen molar-refractivity contribution in [2.24, 2.45) is 10.4 Å². The Kier molecular flexibility index (Phi) is 4.66. The maximum absolute atomic E-state index is 10.9. The molecule has 0 saturated carbocycles. The molecule has 17 heavy (non-hydrogen) atoms. The molecule has 2 amide bonds. The molecule has 0 atom stereocenters. The van der Waals surface area contributed by atoms with E-state index in [-0.39, 0.29) is 11.4 Å². The number of aliphatic imine (C=N–C) groups is 1. The van der Waals surface area contributed by atoms with Gasteiger partial charge in [0, 0.05) is 6.54 Å². The first-order chi connectivity index (χ1) is 7.94. The second-order valence-electron chi connectivity index (χ2n) is 5.19. The van der Waals surface area contributed by atoms with Gasteiger partial charge in [0.2, 0.25) is 5.96 Å². The number of carbonyl (C=O) groups excluding carboxylic acids is 2. The van der Waals surface area contributed by atoms with Crippen LogP contribution in [0.4, 0.5) is 0 Å². The van der Waals surface area contributed by atoms with Crippen LogP contribution < -0.4 is 10.6 Å². The highest BCUT2D eigenvalue weighted by molar-refractivity contribution is 6.45. The molecule has 1 saturated heterocycles. The maximum atomic E-state index is 10.9. The summed E-state index contributed by atoms with van der Waals surface area (Å²) < 4.78 is 0. The minimum Gasteiger partial charge on any atom is -0.288 e. The molecular formula is C12H21N3O2. The third kappa shape index (κ3) is 4.54. The highest BCUT2D eigenvalue weighted by atomic mass is 16.2. The Morgan fingerprint density at radius 2 is 1.71 bits per heavy atom. The van der Waals surface area contributed by atoms with Gasteiger partial charge >= 0.3 is 11.8 Å². The normalized spacial score (nSPS) is 15.8. The van der Waals surface area contributed by atoms with E-state index >= 15 is 0 Å². The minimum absolute atomic E-state index is 0.0974. The number of hydrogen-bond donors (Lipinski definition) is 2. The Hall–Kier alpha value is -1.39. The van der Waals surface area contributed by atoms with Crippen LogP contribution in [-0.4, -0.2) is 24.3 Å². The van der Waals surface area contributed by atoms with Crippen LogP contribution >= 0.6 is 0 Å². The van der Waals surface area contributed by atoms with Crippen LogP contribution in [0.25, 0.3) is 0 Å². The molecule has 1 heterocycles. The minimum atomic E-state index is -0.632. The van der Waals surface area contributed by atoms with Crippen LogP contribution in [0.5, 0.6) is 0 Å². The number of amides is 2. The van der Waals surface area contributed by atoms with Crippen molar-refractivity contribution in [3.8, 4) is 0 Å². The standard InChI is InChI=1S/C12H21N3O2/c1-4-5-6-7-12(2,3)8-13-11-14-9(16)10(17)15-11/h4-8H2,1-3H3,(H2,13,14,15,16,17). The molecular weight excluding hydrogens is 218 g/mol. The number of nitrogens with zero attached hydrogens (tertiary/aromatic N) is 1. The van der Waals surface area contributed by atoms with Gasteiger partial charge in [0.1, 0.15) is 0 Å². The van der Waals surface area contributed by atoms with E-state index < -0.39 is 11.8 Å². The van der Waals surface area contributed by atoms with Crippen LogP contribution in [0, 0.1) is 5.41 Å². The Morgan fingerprint density at radius 1 is 1.12 bits per heavy atom. The number of nitrogens with one attached hydrogen (secondary N) is 2. The molecule has 0 bridgehead atoms. The molecule has 5 nitrogen and oxygen atoms in total. The van der Waals surface area contributed by atoms with Crippen LogP contribution in [-0.2, 0) is 9.59 Å². The maximum Gasteiger partial charge on any atom is 0.316 e. The van der Waals surface area contributed by atoms with Crippen LogP contribution in [0.1, 0.15) is 46.5 Å². The molecule has 0 aromatic heterocycles. The van der Waals surface area contributed by atoms with Gasteiger partial charge in [0.05, 0.1) is 0 Å². The predicted molar refractivity (Wildman–Crippen MR) is 66.5 cm³/mol. The second kappa shape index (κ2) is 5.80. The number of unbranched alkanes of at least 4 members (excludes halogenated alkanes) is 2. The molecule has 1 aliphatic heterocycles. The first-order valence-corrected chi connectivity index (χ1v) is 6.11. The summed E-state index contributed by atoms with van der Waals surface area (Å²) in [7, 11) is 0. The number of guanidine groups is 1. The zero-order chi connectivity index (χ0) is 12.9. The van der Waals surface area contributed by atoms with Gasteiger partial charge in [-0.1, -0.05) is 40.0 Å².